The molecule has 2 heterocycles. The lowest BCUT2D eigenvalue weighted by atomic mass is 10.2. The first kappa shape index (κ1) is 16.0. The zero-order valence-corrected chi connectivity index (χ0v) is 14.0. The maximum absolute atomic E-state index is 12.1. The Kier molecular flexibility index (Phi) is 4.97. The number of nitrogens with one attached hydrogen (secondary N) is 1. The predicted octanol–water partition coefficient (Wildman–Crippen LogP) is 1.11. The Morgan fingerprint density at radius 1 is 1.57 bits per heavy atom. The minimum atomic E-state index is -0.0428. The number of tetrazole rings is 1. The summed E-state index contributed by atoms with van der Waals surface area (Å²) in [6.45, 7) is 0.494. The average molecular weight is 336 g/mol. The molecule has 8 nitrogen and oxygen atoms in total. The van der Waals surface area contributed by atoms with Crippen molar-refractivity contribution in [1.29, 1.82) is 0 Å². The Balaban J connectivity index is 1.48. The first-order valence-electron chi connectivity index (χ1n) is 7.52. The molecule has 9 heteroatoms. The van der Waals surface area contributed by atoms with Crippen LogP contribution in [0.25, 0.3) is 0 Å². The van der Waals surface area contributed by atoms with E-state index in [0.29, 0.717) is 23.5 Å². The van der Waals surface area contributed by atoms with Crippen LogP contribution in [-0.4, -0.2) is 57.4 Å². The molecular weight excluding hydrogens is 316 g/mol. The first-order chi connectivity index (χ1) is 11.1. The van der Waals surface area contributed by atoms with Crippen molar-refractivity contribution in [2.24, 2.45) is 0 Å². The van der Waals surface area contributed by atoms with E-state index in [2.05, 4.69) is 20.8 Å². The number of carbonyl (C=O) groups is 1. The summed E-state index contributed by atoms with van der Waals surface area (Å²) in [4.78, 5) is 14.1. The zero-order valence-electron chi connectivity index (χ0n) is 13.2. The molecule has 1 N–H and O–H groups in total. The van der Waals surface area contributed by atoms with Gasteiger partial charge >= 0.3 is 0 Å². The first-order valence-corrected chi connectivity index (χ1v) is 8.51. The third-order valence-corrected chi connectivity index (χ3v) is 4.61. The number of carbonyl (C=O) groups excluding carboxylic acids is 1. The Bertz CT molecular complexity index is 637. The van der Waals surface area contributed by atoms with Gasteiger partial charge in [-0.05, 0) is 49.5 Å². The third kappa shape index (κ3) is 4.11. The second kappa shape index (κ2) is 7.14. The van der Waals surface area contributed by atoms with Gasteiger partial charge in [-0.3, -0.25) is 9.69 Å². The summed E-state index contributed by atoms with van der Waals surface area (Å²) in [5.74, 6) is 1.09. The highest BCUT2D eigenvalue weighted by atomic mass is 32.2. The van der Waals surface area contributed by atoms with Crippen molar-refractivity contribution in [3.05, 3.63) is 24.2 Å². The van der Waals surface area contributed by atoms with Crippen LogP contribution < -0.4 is 5.32 Å². The van der Waals surface area contributed by atoms with E-state index in [1.165, 1.54) is 11.8 Å². The van der Waals surface area contributed by atoms with E-state index in [4.69, 9.17) is 4.42 Å². The van der Waals surface area contributed by atoms with Crippen molar-refractivity contribution in [2.45, 2.75) is 30.1 Å². The van der Waals surface area contributed by atoms with Gasteiger partial charge in [0.05, 0.1) is 24.1 Å². The quantitative estimate of drug-likeness (QED) is 0.722. The summed E-state index contributed by atoms with van der Waals surface area (Å²) < 4.78 is 7.24. The van der Waals surface area contributed by atoms with Crippen LogP contribution in [0.3, 0.4) is 0 Å². The maximum atomic E-state index is 12.1. The number of hydrogen-bond donors (Lipinski definition) is 1. The maximum Gasteiger partial charge on any atom is 0.230 e. The summed E-state index contributed by atoms with van der Waals surface area (Å²) in [7, 11) is 3.91. The fourth-order valence-electron chi connectivity index (χ4n) is 2.24. The monoisotopic (exact) mass is 336 g/mol. The standard InChI is InChI=1S/C14H20N6O2S/c1-19(2)11(12-4-3-7-22-12)8-15-13(21)9-23-14-16-17-18-20(14)10-5-6-10/h3-4,7,10-11H,5-6,8-9H2,1-2H3,(H,15,21). The molecule has 1 amide bonds. The molecule has 2 aromatic heterocycles. The van der Waals surface area contributed by atoms with Crippen molar-refractivity contribution in [3.63, 3.8) is 0 Å². The summed E-state index contributed by atoms with van der Waals surface area (Å²) >= 11 is 1.37. The van der Waals surface area contributed by atoms with Gasteiger partial charge < -0.3 is 9.73 Å². The Labute approximate surface area is 138 Å². The summed E-state index contributed by atoms with van der Waals surface area (Å²) in [6.07, 6.45) is 3.86. The van der Waals surface area contributed by atoms with Gasteiger partial charge in [0.2, 0.25) is 11.1 Å². The molecule has 1 fully saturated rings. The zero-order chi connectivity index (χ0) is 16.2. The van der Waals surface area contributed by atoms with Crippen LogP contribution >= 0.6 is 11.8 Å². The second-order valence-corrected chi connectivity index (χ2v) is 6.67. The minimum Gasteiger partial charge on any atom is -0.468 e. The molecule has 124 valence electrons. The molecule has 1 atom stereocenters. The summed E-state index contributed by atoms with van der Waals surface area (Å²) in [5, 5.41) is 15.3. The van der Waals surface area contributed by atoms with Gasteiger partial charge in [0.1, 0.15) is 5.76 Å². The average Bonchev–Trinajstić information content (AvgIpc) is 3.03. The number of aromatic nitrogens is 4. The van der Waals surface area contributed by atoms with Gasteiger partial charge in [-0.15, -0.1) is 5.10 Å². The highest BCUT2D eigenvalue weighted by Crippen LogP contribution is 2.36. The number of likely N-dealkylation sites (N-methyl/N-ethyl adjacent to an activating group) is 1. The van der Waals surface area contributed by atoms with Crippen molar-refractivity contribution >= 4 is 17.7 Å². The van der Waals surface area contributed by atoms with Crippen LogP contribution in [0.1, 0.15) is 30.7 Å². The molecule has 1 unspecified atom stereocenters. The molecule has 0 saturated heterocycles. The smallest absolute Gasteiger partial charge is 0.230 e. The van der Waals surface area contributed by atoms with Gasteiger partial charge in [0.25, 0.3) is 0 Å². The van der Waals surface area contributed by atoms with Gasteiger partial charge in [-0.2, -0.15) is 0 Å². The van der Waals surface area contributed by atoms with E-state index in [1.807, 2.05) is 35.8 Å². The van der Waals surface area contributed by atoms with E-state index in [1.54, 1.807) is 6.26 Å². The van der Waals surface area contributed by atoms with Crippen molar-refractivity contribution in [1.82, 2.24) is 30.4 Å². The normalized spacial score (nSPS) is 15.8. The number of nitrogens with zero attached hydrogens (tertiary/aromatic N) is 5. The Morgan fingerprint density at radius 2 is 2.39 bits per heavy atom. The lowest BCUT2D eigenvalue weighted by Gasteiger charge is -2.22. The van der Waals surface area contributed by atoms with E-state index >= 15 is 0 Å². The van der Waals surface area contributed by atoms with Gasteiger partial charge in [-0.25, -0.2) is 4.68 Å². The van der Waals surface area contributed by atoms with Gasteiger partial charge in [-0.1, -0.05) is 11.8 Å². The molecule has 0 spiro atoms. The predicted molar refractivity (Wildman–Crippen MR) is 85.0 cm³/mol. The second-order valence-electron chi connectivity index (χ2n) is 5.72. The van der Waals surface area contributed by atoms with Crippen LogP contribution in [0.4, 0.5) is 0 Å². The molecule has 2 aromatic rings. The summed E-state index contributed by atoms with van der Waals surface area (Å²) in [6, 6.07) is 4.18. The number of amides is 1. The fourth-order valence-corrected chi connectivity index (χ4v) is 3.01. The largest absolute Gasteiger partial charge is 0.468 e. The van der Waals surface area contributed by atoms with Crippen molar-refractivity contribution < 1.29 is 9.21 Å². The van der Waals surface area contributed by atoms with E-state index in [-0.39, 0.29) is 11.9 Å². The molecule has 3 rings (SSSR count). The number of rotatable bonds is 8. The topological polar surface area (TPSA) is 89.1 Å². The van der Waals surface area contributed by atoms with Gasteiger partial charge in [0.15, 0.2) is 0 Å². The Hall–Kier alpha value is -1.87. The molecule has 0 aromatic carbocycles. The molecule has 1 saturated carbocycles. The molecule has 1 aliphatic rings. The highest BCUT2D eigenvalue weighted by Gasteiger charge is 2.28. The van der Waals surface area contributed by atoms with Crippen LogP contribution in [0.15, 0.2) is 28.0 Å². The van der Waals surface area contributed by atoms with E-state index in [0.717, 1.165) is 18.6 Å². The number of thioether (sulfide) groups is 1. The molecular formula is C14H20N6O2S. The molecule has 1 aliphatic carbocycles. The number of furan rings is 1. The van der Waals surface area contributed by atoms with Gasteiger partial charge in [0, 0.05) is 6.54 Å². The molecule has 0 bridgehead atoms. The third-order valence-electron chi connectivity index (χ3n) is 3.68. The summed E-state index contributed by atoms with van der Waals surface area (Å²) in [5.41, 5.74) is 0. The SMILES string of the molecule is CN(C)C(CNC(=O)CSc1nnnn1C1CC1)c1ccco1. The lowest BCUT2D eigenvalue weighted by Crippen LogP contribution is -2.35. The van der Waals surface area contributed by atoms with E-state index < -0.39 is 0 Å². The molecule has 0 radical (unpaired) electrons. The fraction of sp³-hybridized carbons (Fsp3) is 0.571. The van der Waals surface area contributed by atoms with Crippen LogP contribution in [0.2, 0.25) is 0 Å². The lowest BCUT2D eigenvalue weighted by molar-refractivity contribution is -0.118. The van der Waals surface area contributed by atoms with Crippen molar-refractivity contribution in [2.75, 3.05) is 26.4 Å². The van der Waals surface area contributed by atoms with Crippen LogP contribution in [-0.2, 0) is 4.79 Å². The van der Waals surface area contributed by atoms with Crippen LogP contribution in [0.5, 0.6) is 0 Å². The minimum absolute atomic E-state index is 0.00994. The number of hydrogen-bond acceptors (Lipinski definition) is 7. The highest BCUT2D eigenvalue weighted by molar-refractivity contribution is 7.99. The Morgan fingerprint density at radius 3 is 3.04 bits per heavy atom. The molecule has 23 heavy (non-hydrogen) atoms. The molecule has 0 aliphatic heterocycles. The van der Waals surface area contributed by atoms with Crippen LogP contribution in [0, 0.1) is 0 Å². The van der Waals surface area contributed by atoms with Crippen molar-refractivity contribution in [3.8, 4) is 0 Å². The van der Waals surface area contributed by atoms with E-state index in [9.17, 15) is 4.79 Å².